The number of thiocarbonyl (C=S) groups is 1. The van der Waals surface area contributed by atoms with Gasteiger partial charge in [-0.2, -0.15) is 4.98 Å². The minimum Gasteiger partial charge on any atom is -0.360 e. The summed E-state index contributed by atoms with van der Waals surface area (Å²) in [7, 11) is 0. The molecule has 5 nitrogen and oxygen atoms in total. The lowest BCUT2D eigenvalue weighted by Crippen LogP contribution is -2.44. The Hall–Kier alpha value is -2.02. The van der Waals surface area contributed by atoms with Gasteiger partial charge in [0.1, 0.15) is 11.9 Å². The van der Waals surface area contributed by atoms with Gasteiger partial charge in [0.2, 0.25) is 11.7 Å². The van der Waals surface area contributed by atoms with Gasteiger partial charge < -0.3 is 15.2 Å². The molecule has 1 aromatic heterocycles. The van der Waals surface area contributed by atoms with E-state index in [1.54, 1.807) is 12.1 Å². The Morgan fingerprint density at radius 2 is 2.08 bits per heavy atom. The van der Waals surface area contributed by atoms with Crippen LogP contribution < -0.4 is 10.6 Å². The lowest BCUT2D eigenvalue weighted by Gasteiger charge is -2.25. The molecule has 4 atom stereocenters. The fourth-order valence-electron chi connectivity index (χ4n) is 4.02. The normalized spacial score (nSPS) is 25.8. The molecule has 0 spiro atoms. The van der Waals surface area contributed by atoms with Crippen molar-refractivity contribution in [3.8, 4) is 11.4 Å². The van der Waals surface area contributed by atoms with Gasteiger partial charge >= 0.3 is 0 Å². The standard InChI is InChI=1S/C18H21FN4OS/c1-10(20-18(25)21-15-9-11-2-3-13(15)8-11)17-22-16(23-24-17)12-4-6-14(19)7-5-12/h4-7,10-11,13,15H,2-3,8-9H2,1H3,(H2,20,21,25)/t10-,11+,13+,15-/m1/s1. The smallest absolute Gasteiger partial charge is 0.249 e. The lowest BCUT2D eigenvalue weighted by molar-refractivity contribution is 0.350. The first-order valence-corrected chi connectivity index (χ1v) is 9.16. The molecule has 0 saturated heterocycles. The first-order chi connectivity index (χ1) is 12.1. The van der Waals surface area contributed by atoms with Crippen molar-refractivity contribution in [2.24, 2.45) is 11.8 Å². The highest BCUT2D eigenvalue weighted by atomic mass is 32.1. The van der Waals surface area contributed by atoms with Crippen molar-refractivity contribution >= 4 is 17.3 Å². The number of benzene rings is 1. The third kappa shape index (κ3) is 3.51. The van der Waals surface area contributed by atoms with Gasteiger partial charge in [-0.25, -0.2) is 4.39 Å². The van der Waals surface area contributed by atoms with Gasteiger partial charge in [-0.05, 0) is 74.5 Å². The second-order valence-electron chi connectivity index (χ2n) is 7.08. The largest absolute Gasteiger partial charge is 0.360 e. The van der Waals surface area contributed by atoms with Crippen molar-refractivity contribution in [3.63, 3.8) is 0 Å². The van der Waals surface area contributed by atoms with Crippen LogP contribution in [0.2, 0.25) is 0 Å². The van der Waals surface area contributed by atoms with Crippen LogP contribution in [-0.4, -0.2) is 21.3 Å². The second-order valence-corrected chi connectivity index (χ2v) is 7.49. The molecule has 7 heteroatoms. The average molecular weight is 360 g/mol. The fraction of sp³-hybridized carbons (Fsp3) is 0.500. The molecule has 2 N–H and O–H groups in total. The molecule has 25 heavy (non-hydrogen) atoms. The monoisotopic (exact) mass is 360 g/mol. The molecule has 2 saturated carbocycles. The molecule has 2 aromatic rings. The topological polar surface area (TPSA) is 63.0 Å². The van der Waals surface area contributed by atoms with E-state index < -0.39 is 0 Å². The molecule has 0 radical (unpaired) electrons. The SMILES string of the molecule is C[C@@H](NC(=S)N[C@@H]1C[C@H]2CC[C@H]1C2)c1nc(-c2ccc(F)cc2)no1. The van der Waals surface area contributed by atoms with Crippen LogP contribution in [0.3, 0.4) is 0 Å². The van der Waals surface area contributed by atoms with Crippen molar-refractivity contribution < 1.29 is 8.91 Å². The van der Waals surface area contributed by atoms with E-state index in [0.717, 1.165) is 11.8 Å². The van der Waals surface area contributed by atoms with Gasteiger partial charge in [0.05, 0.1) is 0 Å². The van der Waals surface area contributed by atoms with E-state index in [0.29, 0.717) is 28.4 Å². The van der Waals surface area contributed by atoms with Crippen molar-refractivity contribution in [2.75, 3.05) is 0 Å². The summed E-state index contributed by atoms with van der Waals surface area (Å²) in [4.78, 5) is 4.38. The lowest BCUT2D eigenvalue weighted by atomic mass is 9.95. The van der Waals surface area contributed by atoms with E-state index in [2.05, 4.69) is 20.8 Å². The van der Waals surface area contributed by atoms with Crippen LogP contribution in [0, 0.1) is 17.7 Å². The van der Waals surface area contributed by atoms with Gasteiger partial charge in [0.25, 0.3) is 0 Å². The summed E-state index contributed by atoms with van der Waals surface area (Å²) in [6, 6.07) is 6.30. The quantitative estimate of drug-likeness (QED) is 0.813. The third-order valence-corrected chi connectivity index (χ3v) is 5.55. The summed E-state index contributed by atoms with van der Waals surface area (Å²) >= 11 is 5.44. The van der Waals surface area contributed by atoms with Crippen molar-refractivity contribution in [2.45, 2.75) is 44.7 Å². The van der Waals surface area contributed by atoms with Crippen LogP contribution in [0.25, 0.3) is 11.4 Å². The van der Waals surface area contributed by atoms with E-state index in [9.17, 15) is 4.39 Å². The van der Waals surface area contributed by atoms with Crippen molar-refractivity contribution in [1.82, 2.24) is 20.8 Å². The number of hydrogen-bond donors (Lipinski definition) is 2. The Morgan fingerprint density at radius 3 is 2.76 bits per heavy atom. The molecule has 2 fully saturated rings. The van der Waals surface area contributed by atoms with Gasteiger partial charge in [0, 0.05) is 11.6 Å². The summed E-state index contributed by atoms with van der Waals surface area (Å²) in [5, 5.41) is 11.3. The molecule has 0 unspecified atom stereocenters. The molecular weight excluding hydrogens is 339 g/mol. The highest BCUT2D eigenvalue weighted by Crippen LogP contribution is 2.44. The van der Waals surface area contributed by atoms with Crippen molar-refractivity contribution in [3.05, 3.63) is 36.0 Å². The highest BCUT2D eigenvalue weighted by Gasteiger charge is 2.39. The Balaban J connectivity index is 1.35. The molecule has 0 aliphatic heterocycles. The van der Waals surface area contributed by atoms with E-state index in [4.69, 9.17) is 16.7 Å². The van der Waals surface area contributed by atoms with E-state index in [-0.39, 0.29) is 11.9 Å². The van der Waals surface area contributed by atoms with Crippen LogP contribution in [0.15, 0.2) is 28.8 Å². The number of hydrogen-bond acceptors (Lipinski definition) is 4. The first kappa shape index (κ1) is 16.4. The Morgan fingerprint density at radius 1 is 1.28 bits per heavy atom. The van der Waals surface area contributed by atoms with E-state index in [1.807, 2.05) is 6.92 Å². The molecule has 2 aliphatic rings. The van der Waals surface area contributed by atoms with E-state index >= 15 is 0 Å². The zero-order chi connectivity index (χ0) is 17.4. The molecule has 2 bridgehead atoms. The first-order valence-electron chi connectivity index (χ1n) is 8.75. The molecule has 132 valence electrons. The fourth-order valence-corrected chi connectivity index (χ4v) is 4.35. The second kappa shape index (κ2) is 6.71. The zero-order valence-electron chi connectivity index (χ0n) is 14.0. The minimum absolute atomic E-state index is 0.194. The zero-order valence-corrected chi connectivity index (χ0v) is 14.9. The van der Waals surface area contributed by atoms with E-state index in [1.165, 1.54) is 37.8 Å². The maximum absolute atomic E-state index is 13.0. The van der Waals surface area contributed by atoms with Crippen LogP contribution in [0.5, 0.6) is 0 Å². The Kier molecular flexibility index (Phi) is 4.41. The number of aromatic nitrogens is 2. The van der Waals surface area contributed by atoms with Gasteiger partial charge in [-0.1, -0.05) is 11.6 Å². The van der Waals surface area contributed by atoms with Gasteiger partial charge in [0.15, 0.2) is 5.11 Å². The Bertz CT molecular complexity index is 763. The van der Waals surface area contributed by atoms with Crippen LogP contribution in [0.1, 0.15) is 44.5 Å². The number of halogens is 1. The number of nitrogens with one attached hydrogen (secondary N) is 2. The molecule has 4 rings (SSSR count). The predicted octanol–water partition coefficient (Wildman–Crippen LogP) is 3.59. The maximum atomic E-state index is 13.0. The average Bonchev–Trinajstić information content (AvgIpc) is 3.32. The summed E-state index contributed by atoms with van der Waals surface area (Å²) in [5.74, 6) is 2.23. The maximum Gasteiger partial charge on any atom is 0.249 e. The summed E-state index contributed by atoms with van der Waals surface area (Å²) < 4.78 is 18.3. The highest BCUT2D eigenvalue weighted by molar-refractivity contribution is 7.80. The molecular formula is C18H21FN4OS. The summed E-state index contributed by atoms with van der Waals surface area (Å²) in [6.07, 6.45) is 5.23. The third-order valence-electron chi connectivity index (χ3n) is 5.32. The summed E-state index contributed by atoms with van der Waals surface area (Å²) in [5.41, 5.74) is 0.714. The molecule has 0 amide bonds. The molecule has 1 heterocycles. The Labute approximate surface area is 151 Å². The number of rotatable bonds is 4. The summed E-state index contributed by atoms with van der Waals surface area (Å²) in [6.45, 7) is 1.93. The molecule has 1 aromatic carbocycles. The van der Waals surface area contributed by atoms with Crippen LogP contribution >= 0.6 is 12.2 Å². The minimum atomic E-state index is -0.292. The molecule has 2 aliphatic carbocycles. The van der Waals surface area contributed by atoms with Gasteiger partial charge in [-0.15, -0.1) is 0 Å². The predicted molar refractivity (Wildman–Crippen MR) is 96.2 cm³/mol. The number of nitrogens with zero attached hydrogens (tertiary/aromatic N) is 2. The van der Waals surface area contributed by atoms with Crippen molar-refractivity contribution in [1.29, 1.82) is 0 Å². The van der Waals surface area contributed by atoms with Crippen LogP contribution in [-0.2, 0) is 0 Å². The van der Waals surface area contributed by atoms with Crippen LogP contribution in [0.4, 0.5) is 4.39 Å². The number of fused-ring (bicyclic) bond motifs is 2. The van der Waals surface area contributed by atoms with Gasteiger partial charge in [-0.3, -0.25) is 0 Å².